The van der Waals surface area contributed by atoms with Gasteiger partial charge in [-0.1, -0.05) is 32.9 Å². The standard InChI is InChI=1S/C33H43FN6O/c1-20-17-40(18-21(2)36-20)32(38-29-15-24-14-28(22(29)3)33(24,4)5)37-26-10-11-27-30(16-26)35-19-39(31(27)41)13-12-23-6-8-25(34)9-7-23/h6-11,16,19-22,24,28-29,36H,12-15,17-18H2,1-5H3,(H,37,38)/t20-,21-,22-,24+,28-,29?/m0/s1. The molecule has 2 aromatic carbocycles. The van der Waals surface area contributed by atoms with Gasteiger partial charge in [0.2, 0.25) is 0 Å². The van der Waals surface area contributed by atoms with Gasteiger partial charge in [-0.05, 0) is 92.2 Å². The predicted molar refractivity (Wildman–Crippen MR) is 164 cm³/mol. The van der Waals surface area contributed by atoms with E-state index in [4.69, 9.17) is 4.99 Å². The van der Waals surface area contributed by atoms with Gasteiger partial charge in [-0.2, -0.15) is 0 Å². The van der Waals surface area contributed by atoms with Gasteiger partial charge in [0, 0.05) is 37.4 Å². The Morgan fingerprint density at radius 1 is 1.10 bits per heavy atom. The first-order valence-electron chi connectivity index (χ1n) is 15.2. The third-order valence-corrected chi connectivity index (χ3v) is 10.1. The average Bonchev–Trinajstić information content (AvgIpc) is 2.93. The lowest BCUT2D eigenvalue weighted by atomic mass is 9.45. The molecular formula is C33H43FN6O. The van der Waals surface area contributed by atoms with E-state index in [2.05, 4.69) is 55.1 Å². The molecule has 3 aromatic rings. The molecule has 3 saturated carbocycles. The van der Waals surface area contributed by atoms with Crippen molar-refractivity contribution in [2.45, 2.75) is 78.6 Å². The second-order valence-electron chi connectivity index (χ2n) is 13.3. The topological polar surface area (TPSA) is 74.5 Å². The van der Waals surface area contributed by atoms with Crippen molar-refractivity contribution in [3.8, 4) is 0 Å². The summed E-state index contributed by atoms with van der Waals surface area (Å²) in [6.45, 7) is 14.0. The highest BCUT2D eigenvalue weighted by Gasteiger charge is 2.56. The molecule has 2 heterocycles. The van der Waals surface area contributed by atoms with Crippen molar-refractivity contribution in [2.75, 3.05) is 18.4 Å². The van der Waals surface area contributed by atoms with Crippen molar-refractivity contribution in [3.05, 3.63) is 70.5 Å². The summed E-state index contributed by atoms with van der Waals surface area (Å²) in [5.74, 6) is 2.69. The van der Waals surface area contributed by atoms with Crippen LogP contribution in [-0.4, -0.2) is 51.6 Å². The Morgan fingerprint density at radius 2 is 1.83 bits per heavy atom. The van der Waals surface area contributed by atoms with Crippen LogP contribution in [0.5, 0.6) is 0 Å². The van der Waals surface area contributed by atoms with Crippen LogP contribution in [0, 0.1) is 29.0 Å². The molecule has 0 radical (unpaired) electrons. The van der Waals surface area contributed by atoms with Crippen LogP contribution in [0.25, 0.3) is 10.9 Å². The number of nitrogens with zero attached hydrogens (tertiary/aromatic N) is 4. The van der Waals surface area contributed by atoms with Gasteiger partial charge in [0.05, 0.1) is 23.3 Å². The zero-order valence-electron chi connectivity index (χ0n) is 24.9. The molecule has 2 N–H and O–H groups in total. The van der Waals surface area contributed by atoms with E-state index in [1.54, 1.807) is 23.0 Å². The first-order valence-corrected chi connectivity index (χ1v) is 15.2. The Hall–Kier alpha value is -3.26. The summed E-state index contributed by atoms with van der Waals surface area (Å²) in [5, 5.41) is 7.88. The summed E-state index contributed by atoms with van der Waals surface area (Å²) in [6, 6.07) is 13.2. The maximum Gasteiger partial charge on any atom is 0.261 e. The molecule has 1 saturated heterocycles. The quantitative estimate of drug-likeness (QED) is 0.329. The fourth-order valence-corrected chi connectivity index (χ4v) is 7.57. The Bertz CT molecular complexity index is 1490. The lowest BCUT2D eigenvalue weighted by Crippen LogP contribution is -2.59. The monoisotopic (exact) mass is 558 g/mol. The minimum Gasteiger partial charge on any atom is -0.340 e. The smallest absolute Gasteiger partial charge is 0.261 e. The van der Waals surface area contributed by atoms with Crippen LogP contribution in [-0.2, 0) is 13.0 Å². The van der Waals surface area contributed by atoms with Crippen molar-refractivity contribution in [1.29, 1.82) is 0 Å². The van der Waals surface area contributed by atoms with Crippen molar-refractivity contribution in [3.63, 3.8) is 0 Å². The van der Waals surface area contributed by atoms with Gasteiger partial charge in [0.1, 0.15) is 5.82 Å². The van der Waals surface area contributed by atoms with Crippen LogP contribution in [0.4, 0.5) is 10.1 Å². The summed E-state index contributed by atoms with van der Waals surface area (Å²) in [6.07, 6.45) is 4.73. The number of hydrogen-bond donors (Lipinski definition) is 2. The molecule has 7 nitrogen and oxygen atoms in total. The maximum absolute atomic E-state index is 13.2. The highest BCUT2D eigenvalue weighted by atomic mass is 19.1. The summed E-state index contributed by atoms with van der Waals surface area (Å²) in [4.78, 5) is 25.7. The molecule has 1 aliphatic heterocycles. The molecule has 1 unspecified atom stereocenters. The number of nitrogens with one attached hydrogen (secondary N) is 2. The lowest BCUT2D eigenvalue weighted by molar-refractivity contribution is -0.108. The molecular weight excluding hydrogens is 515 g/mol. The number of rotatable bonds is 5. The van der Waals surface area contributed by atoms with E-state index in [1.807, 2.05) is 18.2 Å². The SMILES string of the molecule is C[C@@H]1C(N=C(Nc2ccc3c(=O)n(CCc4ccc(F)cc4)cnc3c2)N2C[C@H](C)N[C@@H](C)C2)C[C@H]2C[C@@H]1C2(C)C. The minimum atomic E-state index is -0.259. The van der Waals surface area contributed by atoms with Crippen LogP contribution in [0.2, 0.25) is 0 Å². The van der Waals surface area contributed by atoms with E-state index in [9.17, 15) is 9.18 Å². The lowest BCUT2D eigenvalue weighted by Gasteiger charge is -2.61. The van der Waals surface area contributed by atoms with Crippen molar-refractivity contribution in [2.24, 2.45) is 28.2 Å². The molecule has 8 heteroatoms. The van der Waals surface area contributed by atoms with Gasteiger partial charge in [-0.15, -0.1) is 0 Å². The molecule has 3 aliphatic carbocycles. The fraction of sp³-hybridized carbons (Fsp3) is 0.545. The first kappa shape index (κ1) is 27.9. The molecule has 1 aromatic heterocycles. The molecule has 218 valence electrons. The molecule has 2 bridgehead atoms. The number of fused-ring (bicyclic) bond motifs is 3. The van der Waals surface area contributed by atoms with Crippen LogP contribution in [0.3, 0.4) is 0 Å². The highest BCUT2D eigenvalue weighted by molar-refractivity contribution is 5.96. The summed E-state index contributed by atoms with van der Waals surface area (Å²) in [5.41, 5.74) is 2.88. The normalized spacial score (nSPS) is 29.3. The molecule has 0 amide bonds. The number of piperazine rings is 1. The molecule has 6 atom stereocenters. The second kappa shape index (κ2) is 10.9. The van der Waals surface area contributed by atoms with Gasteiger partial charge >= 0.3 is 0 Å². The average molecular weight is 559 g/mol. The van der Waals surface area contributed by atoms with Gasteiger partial charge in [-0.3, -0.25) is 9.36 Å². The number of aromatic nitrogens is 2. The largest absolute Gasteiger partial charge is 0.340 e. The molecule has 4 aliphatic rings. The van der Waals surface area contributed by atoms with Crippen LogP contribution >= 0.6 is 0 Å². The number of aryl methyl sites for hydroxylation is 2. The van der Waals surface area contributed by atoms with Crippen molar-refractivity contribution in [1.82, 2.24) is 19.8 Å². The van der Waals surface area contributed by atoms with Gasteiger partial charge in [0.25, 0.3) is 5.56 Å². The third kappa shape index (κ3) is 5.51. The number of anilines is 1. The molecule has 0 spiro atoms. The first-order chi connectivity index (χ1) is 19.6. The Kier molecular flexibility index (Phi) is 7.39. The molecule has 41 heavy (non-hydrogen) atoms. The fourth-order valence-electron chi connectivity index (χ4n) is 7.57. The summed E-state index contributed by atoms with van der Waals surface area (Å²) in [7, 11) is 0. The zero-order valence-corrected chi connectivity index (χ0v) is 24.9. The highest BCUT2D eigenvalue weighted by Crippen LogP contribution is 2.61. The second-order valence-corrected chi connectivity index (χ2v) is 13.3. The van der Waals surface area contributed by atoms with E-state index in [-0.39, 0.29) is 11.4 Å². The number of halogens is 1. The van der Waals surface area contributed by atoms with Gasteiger partial charge in [-0.25, -0.2) is 14.4 Å². The van der Waals surface area contributed by atoms with E-state index in [1.165, 1.54) is 18.6 Å². The molecule has 7 rings (SSSR count). The van der Waals surface area contributed by atoms with Crippen LogP contribution < -0.4 is 16.2 Å². The van der Waals surface area contributed by atoms with Crippen molar-refractivity contribution < 1.29 is 4.39 Å². The minimum absolute atomic E-state index is 0.0693. The summed E-state index contributed by atoms with van der Waals surface area (Å²) < 4.78 is 14.9. The summed E-state index contributed by atoms with van der Waals surface area (Å²) >= 11 is 0. The Morgan fingerprint density at radius 3 is 2.51 bits per heavy atom. The van der Waals surface area contributed by atoms with E-state index >= 15 is 0 Å². The Labute approximate surface area is 242 Å². The number of guanidine groups is 1. The van der Waals surface area contributed by atoms with Crippen molar-refractivity contribution >= 4 is 22.5 Å². The number of benzene rings is 2. The third-order valence-electron chi connectivity index (χ3n) is 10.1. The zero-order chi connectivity index (χ0) is 28.9. The van der Waals surface area contributed by atoms with Gasteiger partial charge in [0.15, 0.2) is 5.96 Å². The van der Waals surface area contributed by atoms with Crippen LogP contribution in [0.1, 0.15) is 53.0 Å². The maximum atomic E-state index is 13.2. The number of aliphatic imine (C=N–C) groups is 1. The number of hydrogen-bond acceptors (Lipinski definition) is 4. The van der Waals surface area contributed by atoms with E-state index < -0.39 is 0 Å². The Balaban J connectivity index is 1.24. The predicted octanol–water partition coefficient (Wildman–Crippen LogP) is 5.30. The van der Waals surface area contributed by atoms with Gasteiger partial charge < -0.3 is 15.5 Å². The van der Waals surface area contributed by atoms with E-state index in [0.717, 1.165) is 48.6 Å². The van der Waals surface area contributed by atoms with Crippen LogP contribution in [0.15, 0.2) is 58.6 Å². The van der Waals surface area contributed by atoms with E-state index in [0.29, 0.717) is 53.3 Å². The molecule has 4 fully saturated rings.